The lowest BCUT2D eigenvalue weighted by Crippen LogP contribution is -2.39. The number of nitrogens with zero attached hydrogens (tertiary/aromatic N) is 4. The molecule has 0 radical (unpaired) electrons. The fourth-order valence-electron chi connectivity index (χ4n) is 3.06. The molecular weight excluding hydrogens is 374 g/mol. The number of primary amides is 1. The number of benzene rings is 1. The average Bonchev–Trinajstić information content (AvgIpc) is 3.01. The van der Waals surface area contributed by atoms with Gasteiger partial charge in [-0.25, -0.2) is 8.42 Å². The van der Waals surface area contributed by atoms with Crippen LogP contribution in [0, 0.1) is 0 Å². The number of piperidine rings is 1. The molecule has 2 heterocycles. The number of carbonyl (C=O) groups is 1. The van der Waals surface area contributed by atoms with Crippen LogP contribution in [0.5, 0.6) is 0 Å². The molecule has 1 aromatic heterocycles. The summed E-state index contributed by atoms with van der Waals surface area (Å²) in [5.74, 6) is 0.399. The number of thioether (sulfide) groups is 1. The maximum Gasteiger partial charge on any atom is 0.243 e. The van der Waals surface area contributed by atoms with Crippen molar-refractivity contribution >= 4 is 27.7 Å². The van der Waals surface area contributed by atoms with Crippen LogP contribution in [0.3, 0.4) is 0 Å². The standard InChI is InChI=1S/C16H21N5O3S2/c1-20-15(18-19-16(20)25-11-14(17)22)12-6-5-9-21(10-12)26(23,24)13-7-3-2-4-8-13/h2-4,7-8,12H,5-6,9-11H2,1H3,(H2,17,22)/t12-/m1/s1. The van der Waals surface area contributed by atoms with Gasteiger partial charge in [-0.15, -0.1) is 10.2 Å². The Labute approximate surface area is 156 Å². The van der Waals surface area contributed by atoms with Crippen LogP contribution in [-0.2, 0) is 21.9 Å². The van der Waals surface area contributed by atoms with E-state index < -0.39 is 15.9 Å². The molecule has 8 nitrogen and oxygen atoms in total. The molecule has 1 aliphatic heterocycles. The van der Waals surface area contributed by atoms with Crippen molar-refractivity contribution in [3.63, 3.8) is 0 Å². The van der Waals surface area contributed by atoms with Gasteiger partial charge in [0, 0.05) is 26.1 Å². The predicted molar refractivity (Wildman–Crippen MR) is 98.1 cm³/mol. The zero-order valence-electron chi connectivity index (χ0n) is 14.4. The molecule has 2 N–H and O–H groups in total. The van der Waals surface area contributed by atoms with Gasteiger partial charge in [0.1, 0.15) is 5.82 Å². The van der Waals surface area contributed by atoms with Crippen molar-refractivity contribution in [2.45, 2.75) is 28.8 Å². The topological polar surface area (TPSA) is 111 Å². The summed E-state index contributed by atoms with van der Waals surface area (Å²) in [5.41, 5.74) is 5.17. The van der Waals surface area contributed by atoms with Crippen molar-refractivity contribution in [2.24, 2.45) is 12.8 Å². The Morgan fingerprint density at radius 3 is 2.73 bits per heavy atom. The minimum absolute atomic E-state index is 0.0392. The second-order valence-corrected chi connectivity index (χ2v) is 9.05. The molecule has 1 aromatic carbocycles. The van der Waals surface area contributed by atoms with Gasteiger partial charge in [-0.3, -0.25) is 4.79 Å². The third-order valence-electron chi connectivity index (χ3n) is 4.34. The summed E-state index contributed by atoms with van der Waals surface area (Å²) in [6, 6.07) is 8.46. The van der Waals surface area contributed by atoms with Gasteiger partial charge < -0.3 is 10.3 Å². The summed E-state index contributed by atoms with van der Waals surface area (Å²) in [4.78, 5) is 11.3. The Kier molecular flexibility index (Phi) is 5.64. The van der Waals surface area contributed by atoms with E-state index in [1.807, 2.05) is 11.6 Å². The van der Waals surface area contributed by atoms with Crippen LogP contribution < -0.4 is 5.73 Å². The predicted octanol–water partition coefficient (Wildman–Crippen LogP) is 0.961. The van der Waals surface area contributed by atoms with Crippen molar-refractivity contribution in [2.75, 3.05) is 18.8 Å². The maximum atomic E-state index is 12.9. The molecule has 2 aromatic rings. The van der Waals surface area contributed by atoms with Crippen LogP contribution in [0.15, 0.2) is 40.4 Å². The average molecular weight is 396 g/mol. The largest absolute Gasteiger partial charge is 0.369 e. The minimum Gasteiger partial charge on any atom is -0.369 e. The molecule has 3 rings (SSSR count). The van der Waals surface area contributed by atoms with Crippen molar-refractivity contribution in [1.29, 1.82) is 0 Å². The SMILES string of the molecule is Cn1c(SCC(N)=O)nnc1[C@@H]1CCCN(S(=O)(=O)c2ccccc2)C1. The number of aromatic nitrogens is 3. The quantitative estimate of drug-likeness (QED) is 0.729. The number of hydrogen-bond donors (Lipinski definition) is 1. The Balaban J connectivity index is 1.78. The van der Waals surface area contributed by atoms with E-state index in [0.717, 1.165) is 18.7 Å². The Bertz CT molecular complexity index is 883. The summed E-state index contributed by atoms with van der Waals surface area (Å²) in [6.45, 7) is 0.860. The normalized spacial score (nSPS) is 18.7. The fourth-order valence-corrected chi connectivity index (χ4v) is 5.26. The molecule has 1 amide bonds. The summed E-state index contributed by atoms with van der Waals surface area (Å²) < 4.78 is 29.1. The van der Waals surface area contributed by atoms with E-state index in [1.165, 1.54) is 16.1 Å². The molecular formula is C16H21N5O3S2. The summed E-state index contributed by atoms with van der Waals surface area (Å²) >= 11 is 1.23. The van der Waals surface area contributed by atoms with Crippen LogP contribution in [-0.4, -0.2) is 52.2 Å². The summed E-state index contributed by atoms with van der Waals surface area (Å²) in [5, 5.41) is 8.93. The van der Waals surface area contributed by atoms with E-state index in [-0.39, 0.29) is 11.7 Å². The van der Waals surface area contributed by atoms with Crippen molar-refractivity contribution in [3.8, 4) is 0 Å². The highest BCUT2D eigenvalue weighted by molar-refractivity contribution is 7.99. The number of sulfonamides is 1. The highest BCUT2D eigenvalue weighted by Crippen LogP contribution is 2.30. The van der Waals surface area contributed by atoms with Crippen LogP contribution in [0.1, 0.15) is 24.6 Å². The lowest BCUT2D eigenvalue weighted by atomic mass is 9.99. The highest BCUT2D eigenvalue weighted by atomic mass is 32.2. The van der Waals surface area contributed by atoms with E-state index in [4.69, 9.17) is 5.73 Å². The molecule has 0 unspecified atom stereocenters. The van der Waals surface area contributed by atoms with Gasteiger partial charge in [-0.2, -0.15) is 4.31 Å². The van der Waals surface area contributed by atoms with E-state index in [1.54, 1.807) is 30.3 Å². The van der Waals surface area contributed by atoms with Crippen LogP contribution in [0.2, 0.25) is 0 Å². The number of nitrogens with two attached hydrogens (primary N) is 1. The molecule has 0 spiro atoms. The lowest BCUT2D eigenvalue weighted by Gasteiger charge is -2.31. The first-order chi connectivity index (χ1) is 12.4. The van der Waals surface area contributed by atoms with Crippen molar-refractivity contribution in [3.05, 3.63) is 36.2 Å². The molecule has 0 aliphatic carbocycles. The molecule has 0 bridgehead atoms. The third kappa shape index (κ3) is 3.92. The number of amides is 1. The minimum atomic E-state index is -3.52. The molecule has 1 atom stereocenters. The Morgan fingerprint density at radius 2 is 2.04 bits per heavy atom. The van der Waals surface area contributed by atoms with Gasteiger partial charge in [0.2, 0.25) is 15.9 Å². The second-order valence-electron chi connectivity index (χ2n) is 6.17. The van der Waals surface area contributed by atoms with Gasteiger partial charge in [0.05, 0.1) is 10.6 Å². The highest BCUT2D eigenvalue weighted by Gasteiger charge is 2.33. The van der Waals surface area contributed by atoms with Gasteiger partial charge in [-0.05, 0) is 25.0 Å². The number of carbonyl (C=O) groups excluding carboxylic acids is 1. The van der Waals surface area contributed by atoms with E-state index in [9.17, 15) is 13.2 Å². The van der Waals surface area contributed by atoms with Crippen LogP contribution in [0.25, 0.3) is 0 Å². The van der Waals surface area contributed by atoms with Crippen molar-refractivity contribution in [1.82, 2.24) is 19.1 Å². The first-order valence-corrected chi connectivity index (χ1v) is 10.7. The lowest BCUT2D eigenvalue weighted by molar-refractivity contribution is -0.115. The van der Waals surface area contributed by atoms with E-state index in [2.05, 4.69) is 10.2 Å². The number of hydrogen-bond acceptors (Lipinski definition) is 6. The first kappa shape index (κ1) is 18.9. The Morgan fingerprint density at radius 1 is 1.31 bits per heavy atom. The van der Waals surface area contributed by atoms with Gasteiger partial charge >= 0.3 is 0 Å². The zero-order valence-corrected chi connectivity index (χ0v) is 16.0. The van der Waals surface area contributed by atoms with E-state index >= 15 is 0 Å². The Hall–Kier alpha value is -1.91. The molecule has 26 heavy (non-hydrogen) atoms. The van der Waals surface area contributed by atoms with Crippen LogP contribution in [0.4, 0.5) is 0 Å². The third-order valence-corrected chi connectivity index (χ3v) is 7.26. The molecule has 10 heteroatoms. The van der Waals surface area contributed by atoms with Gasteiger partial charge in [-0.1, -0.05) is 30.0 Å². The molecule has 1 aliphatic rings. The molecule has 140 valence electrons. The summed E-state index contributed by atoms with van der Waals surface area (Å²) in [7, 11) is -1.70. The molecule has 1 saturated heterocycles. The monoisotopic (exact) mass is 395 g/mol. The maximum absolute atomic E-state index is 12.9. The van der Waals surface area contributed by atoms with Gasteiger partial charge in [0.15, 0.2) is 5.16 Å². The van der Waals surface area contributed by atoms with Gasteiger partial charge in [0.25, 0.3) is 0 Å². The van der Waals surface area contributed by atoms with Crippen LogP contribution >= 0.6 is 11.8 Å². The molecule has 1 fully saturated rings. The summed E-state index contributed by atoms with van der Waals surface area (Å²) in [6.07, 6.45) is 1.60. The molecule has 0 saturated carbocycles. The van der Waals surface area contributed by atoms with Crippen molar-refractivity contribution < 1.29 is 13.2 Å². The second kappa shape index (κ2) is 7.77. The van der Waals surface area contributed by atoms with E-state index in [0.29, 0.717) is 23.1 Å². The smallest absolute Gasteiger partial charge is 0.243 e. The zero-order chi connectivity index (χ0) is 18.7. The fraction of sp³-hybridized carbons (Fsp3) is 0.438. The first-order valence-electron chi connectivity index (χ1n) is 8.25. The number of rotatable bonds is 6.